The van der Waals surface area contributed by atoms with Gasteiger partial charge in [0, 0.05) is 60.8 Å². The van der Waals surface area contributed by atoms with Crippen LogP contribution in [0.1, 0.15) is 31.1 Å². The first kappa shape index (κ1) is 20.9. The summed E-state index contributed by atoms with van der Waals surface area (Å²) in [5.74, 6) is 0.935. The standard InChI is InChI=1S/C25H28N8O/c1-15-14-32(10-8-26-15)17-12-27-25(28-13-17)33-9-7-20-23(16(33)2)19-11-21(30-31-24(19)29-20)18-5-3-4-6-22(18)34/h3-6,11-13,15-16,26,34H,7-10,14H2,1-2H3,(H,29,31)/t15-,16+/m0/s1. The highest BCUT2D eigenvalue weighted by atomic mass is 16.3. The number of hydrogen-bond acceptors (Lipinski definition) is 8. The van der Waals surface area contributed by atoms with Gasteiger partial charge < -0.3 is 25.2 Å². The molecule has 3 aromatic heterocycles. The number of aromatic nitrogens is 5. The second-order valence-corrected chi connectivity index (χ2v) is 9.19. The highest BCUT2D eigenvalue weighted by Gasteiger charge is 2.30. The summed E-state index contributed by atoms with van der Waals surface area (Å²) in [6, 6.07) is 9.76. The van der Waals surface area contributed by atoms with Gasteiger partial charge in [-0.15, -0.1) is 10.2 Å². The summed E-state index contributed by atoms with van der Waals surface area (Å²) < 4.78 is 0. The highest BCUT2D eigenvalue weighted by molar-refractivity contribution is 5.86. The zero-order valence-electron chi connectivity index (χ0n) is 19.4. The number of anilines is 2. The minimum absolute atomic E-state index is 0.0731. The fraction of sp³-hybridized carbons (Fsp3) is 0.360. The molecule has 1 fully saturated rings. The molecule has 0 aliphatic carbocycles. The molecule has 0 amide bonds. The van der Waals surface area contributed by atoms with E-state index in [4.69, 9.17) is 9.97 Å². The van der Waals surface area contributed by atoms with Gasteiger partial charge in [-0.3, -0.25) is 0 Å². The molecule has 0 unspecified atom stereocenters. The van der Waals surface area contributed by atoms with Gasteiger partial charge in [0.2, 0.25) is 5.95 Å². The van der Waals surface area contributed by atoms with E-state index in [2.05, 4.69) is 44.1 Å². The van der Waals surface area contributed by atoms with Crippen molar-refractivity contribution in [3.05, 3.63) is 54.0 Å². The maximum absolute atomic E-state index is 10.3. The molecule has 2 atom stereocenters. The van der Waals surface area contributed by atoms with Crippen molar-refractivity contribution in [2.75, 3.05) is 36.0 Å². The number of nitrogens with one attached hydrogen (secondary N) is 2. The molecule has 3 N–H and O–H groups in total. The van der Waals surface area contributed by atoms with Crippen molar-refractivity contribution in [2.24, 2.45) is 0 Å². The molecule has 9 nitrogen and oxygen atoms in total. The molecule has 0 radical (unpaired) electrons. The molecule has 5 heterocycles. The molecular weight excluding hydrogens is 428 g/mol. The van der Waals surface area contributed by atoms with E-state index in [0.29, 0.717) is 17.3 Å². The Balaban J connectivity index is 1.32. The third-order valence-electron chi connectivity index (χ3n) is 6.96. The number of H-pyrrole nitrogens is 1. The number of phenolic OH excluding ortho intramolecular Hbond substituents is 1. The van der Waals surface area contributed by atoms with E-state index >= 15 is 0 Å². The number of piperazine rings is 1. The minimum atomic E-state index is 0.0731. The van der Waals surface area contributed by atoms with Crippen LogP contribution in [-0.4, -0.2) is 62.5 Å². The van der Waals surface area contributed by atoms with Gasteiger partial charge in [-0.2, -0.15) is 0 Å². The number of rotatable bonds is 3. The van der Waals surface area contributed by atoms with Gasteiger partial charge in [0.1, 0.15) is 5.75 Å². The predicted molar refractivity (Wildman–Crippen MR) is 132 cm³/mol. The summed E-state index contributed by atoms with van der Waals surface area (Å²) in [5, 5.41) is 23.6. The Hall–Kier alpha value is -3.72. The minimum Gasteiger partial charge on any atom is -0.507 e. The van der Waals surface area contributed by atoms with Gasteiger partial charge in [0.05, 0.1) is 29.8 Å². The van der Waals surface area contributed by atoms with Crippen LogP contribution in [0.5, 0.6) is 5.75 Å². The lowest BCUT2D eigenvalue weighted by atomic mass is 9.97. The maximum Gasteiger partial charge on any atom is 0.225 e. The molecular formula is C25H28N8O. The highest BCUT2D eigenvalue weighted by Crippen LogP contribution is 2.38. The topological polar surface area (TPSA) is 106 Å². The molecule has 0 saturated carbocycles. The predicted octanol–water partition coefficient (Wildman–Crippen LogP) is 3.04. The van der Waals surface area contributed by atoms with Crippen LogP contribution in [0.2, 0.25) is 0 Å². The number of hydrogen-bond donors (Lipinski definition) is 3. The Bertz CT molecular complexity index is 1330. The monoisotopic (exact) mass is 456 g/mol. The molecule has 1 aromatic carbocycles. The summed E-state index contributed by atoms with van der Waals surface area (Å²) in [4.78, 5) is 17.5. The first-order valence-electron chi connectivity index (χ1n) is 11.8. The van der Waals surface area contributed by atoms with Crippen molar-refractivity contribution >= 4 is 22.7 Å². The van der Waals surface area contributed by atoms with Crippen LogP contribution in [-0.2, 0) is 6.42 Å². The third kappa shape index (κ3) is 3.52. The van der Waals surface area contributed by atoms with Crippen LogP contribution < -0.4 is 15.1 Å². The first-order chi connectivity index (χ1) is 16.6. The second-order valence-electron chi connectivity index (χ2n) is 9.19. The zero-order chi connectivity index (χ0) is 23.2. The van der Waals surface area contributed by atoms with Crippen molar-refractivity contribution in [2.45, 2.75) is 32.4 Å². The molecule has 2 aliphatic heterocycles. The van der Waals surface area contributed by atoms with E-state index in [9.17, 15) is 5.11 Å². The number of fused-ring (bicyclic) bond motifs is 3. The SMILES string of the molecule is C[C@@H]1c2c([nH]c3nnc(-c4ccccc4O)cc23)CCN1c1ncc(N2CCN[C@@H](C)C2)cn1. The second kappa shape index (κ2) is 8.25. The summed E-state index contributed by atoms with van der Waals surface area (Å²) in [5.41, 5.74) is 5.53. The molecule has 0 bridgehead atoms. The normalized spacial score (nSPS) is 20.5. The Kier molecular flexibility index (Phi) is 5.06. The van der Waals surface area contributed by atoms with Crippen LogP contribution in [0.15, 0.2) is 42.7 Å². The van der Waals surface area contributed by atoms with Crippen molar-refractivity contribution in [1.82, 2.24) is 30.5 Å². The van der Waals surface area contributed by atoms with Gasteiger partial charge in [-0.1, -0.05) is 12.1 Å². The third-order valence-corrected chi connectivity index (χ3v) is 6.96. The molecule has 1 saturated heterocycles. The number of para-hydroxylation sites is 1. The molecule has 4 aromatic rings. The molecule has 2 aliphatic rings. The summed E-state index contributed by atoms with van der Waals surface area (Å²) in [6.07, 6.45) is 4.74. The van der Waals surface area contributed by atoms with E-state index in [0.717, 1.165) is 55.3 Å². The zero-order valence-corrected chi connectivity index (χ0v) is 19.4. The van der Waals surface area contributed by atoms with Crippen LogP contribution in [0.3, 0.4) is 0 Å². The quantitative estimate of drug-likeness (QED) is 0.432. The maximum atomic E-state index is 10.3. The largest absolute Gasteiger partial charge is 0.507 e. The number of nitrogens with zero attached hydrogens (tertiary/aromatic N) is 6. The Morgan fingerprint density at radius 3 is 2.68 bits per heavy atom. The molecule has 34 heavy (non-hydrogen) atoms. The fourth-order valence-electron chi connectivity index (χ4n) is 5.21. The number of benzene rings is 1. The van der Waals surface area contributed by atoms with E-state index in [1.807, 2.05) is 30.6 Å². The average Bonchev–Trinajstić information content (AvgIpc) is 3.23. The first-order valence-corrected chi connectivity index (χ1v) is 11.8. The van der Waals surface area contributed by atoms with E-state index in [-0.39, 0.29) is 11.8 Å². The van der Waals surface area contributed by atoms with Gasteiger partial charge in [0.15, 0.2) is 5.65 Å². The van der Waals surface area contributed by atoms with Gasteiger partial charge in [-0.25, -0.2) is 9.97 Å². The van der Waals surface area contributed by atoms with Crippen molar-refractivity contribution in [1.29, 1.82) is 0 Å². The van der Waals surface area contributed by atoms with Crippen LogP contribution >= 0.6 is 0 Å². The molecule has 9 heteroatoms. The lowest BCUT2D eigenvalue weighted by molar-refractivity contribution is 0.477. The lowest BCUT2D eigenvalue weighted by Crippen LogP contribution is -2.49. The van der Waals surface area contributed by atoms with E-state index < -0.39 is 0 Å². The van der Waals surface area contributed by atoms with Crippen LogP contribution in [0.25, 0.3) is 22.3 Å². The number of aromatic hydroxyl groups is 1. The number of phenols is 1. The summed E-state index contributed by atoms with van der Waals surface area (Å²) >= 11 is 0. The Morgan fingerprint density at radius 2 is 1.88 bits per heavy atom. The molecule has 174 valence electrons. The summed E-state index contributed by atoms with van der Waals surface area (Å²) in [7, 11) is 0. The van der Waals surface area contributed by atoms with Crippen molar-refractivity contribution in [3.63, 3.8) is 0 Å². The van der Waals surface area contributed by atoms with E-state index in [1.165, 1.54) is 11.3 Å². The van der Waals surface area contributed by atoms with Gasteiger partial charge >= 0.3 is 0 Å². The molecule has 6 rings (SSSR count). The fourth-order valence-corrected chi connectivity index (χ4v) is 5.21. The summed E-state index contributed by atoms with van der Waals surface area (Å²) in [6.45, 7) is 8.10. The lowest BCUT2D eigenvalue weighted by Gasteiger charge is -2.35. The van der Waals surface area contributed by atoms with Gasteiger partial charge in [-0.05, 0) is 32.0 Å². The van der Waals surface area contributed by atoms with Crippen LogP contribution in [0, 0.1) is 0 Å². The van der Waals surface area contributed by atoms with Crippen molar-refractivity contribution < 1.29 is 5.11 Å². The van der Waals surface area contributed by atoms with Gasteiger partial charge in [0.25, 0.3) is 0 Å². The Labute approximate surface area is 197 Å². The molecule has 0 spiro atoms. The Morgan fingerprint density at radius 1 is 1.06 bits per heavy atom. The van der Waals surface area contributed by atoms with Crippen molar-refractivity contribution in [3.8, 4) is 17.0 Å². The number of aromatic amines is 1. The van der Waals surface area contributed by atoms with E-state index in [1.54, 1.807) is 12.1 Å². The smallest absolute Gasteiger partial charge is 0.225 e. The van der Waals surface area contributed by atoms with Crippen LogP contribution in [0.4, 0.5) is 11.6 Å². The average molecular weight is 457 g/mol.